The number of furan rings is 1. The quantitative estimate of drug-likeness (QED) is 0.424. The number of rotatable bonds is 2. The average Bonchev–Trinajstić information content (AvgIpc) is 3.28. The third-order valence-electron chi connectivity index (χ3n) is 4.68. The molecule has 4 aromatic rings. The van der Waals surface area contributed by atoms with E-state index in [1.807, 2.05) is 0 Å². The maximum Gasteiger partial charge on any atom is 0.450 e. The number of benzene rings is 3. The molecule has 0 unspecified atom stereocenters. The highest BCUT2D eigenvalue weighted by Crippen LogP contribution is 2.41. The van der Waals surface area contributed by atoms with Gasteiger partial charge in [-0.2, -0.15) is 13.2 Å². The first-order valence-electron chi connectivity index (χ1n) is 8.39. The molecule has 28 heavy (non-hydrogen) atoms. The molecule has 1 aliphatic heterocycles. The maximum atomic E-state index is 13.6. The van der Waals surface area contributed by atoms with Gasteiger partial charge in [-0.25, -0.2) is 0 Å². The van der Waals surface area contributed by atoms with E-state index in [1.54, 1.807) is 30.3 Å². The summed E-state index contributed by atoms with van der Waals surface area (Å²) in [5.74, 6) is -1.34. The molecule has 0 N–H and O–H groups in total. The van der Waals surface area contributed by atoms with Crippen LogP contribution >= 0.6 is 0 Å². The van der Waals surface area contributed by atoms with Crippen molar-refractivity contribution in [2.75, 3.05) is 6.79 Å². The molecule has 0 atom stereocenters. The van der Waals surface area contributed by atoms with E-state index in [4.69, 9.17) is 13.9 Å². The van der Waals surface area contributed by atoms with E-state index in [-0.39, 0.29) is 23.3 Å². The molecule has 4 nitrogen and oxygen atoms in total. The third kappa shape index (κ3) is 2.51. The second kappa shape index (κ2) is 5.76. The Morgan fingerprint density at radius 3 is 2.36 bits per heavy atom. The number of hydrogen-bond acceptors (Lipinski definition) is 4. The molecule has 1 aliphatic rings. The topological polar surface area (TPSA) is 48.7 Å². The van der Waals surface area contributed by atoms with E-state index in [1.165, 1.54) is 24.3 Å². The van der Waals surface area contributed by atoms with Gasteiger partial charge in [0.1, 0.15) is 5.58 Å². The number of halogens is 3. The molecule has 0 saturated carbocycles. The predicted molar refractivity (Wildman–Crippen MR) is 94.7 cm³/mol. The van der Waals surface area contributed by atoms with Gasteiger partial charge in [0.25, 0.3) is 0 Å². The summed E-state index contributed by atoms with van der Waals surface area (Å²) >= 11 is 0. The van der Waals surface area contributed by atoms with Crippen molar-refractivity contribution in [3.8, 4) is 11.5 Å². The van der Waals surface area contributed by atoms with Crippen LogP contribution in [0, 0.1) is 0 Å². The minimum atomic E-state index is -4.81. The van der Waals surface area contributed by atoms with Gasteiger partial charge >= 0.3 is 6.18 Å². The third-order valence-corrected chi connectivity index (χ3v) is 4.68. The lowest BCUT2D eigenvalue weighted by Crippen LogP contribution is -2.11. The van der Waals surface area contributed by atoms with Crippen LogP contribution in [0.5, 0.6) is 11.5 Å². The maximum absolute atomic E-state index is 13.6. The Kier molecular flexibility index (Phi) is 3.43. The Morgan fingerprint density at radius 1 is 0.893 bits per heavy atom. The molecule has 0 saturated heterocycles. The molecule has 0 fully saturated rings. The van der Waals surface area contributed by atoms with Gasteiger partial charge in [0.2, 0.25) is 12.6 Å². The lowest BCUT2D eigenvalue weighted by molar-refractivity contribution is -0.152. The second-order valence-corrected chi connectivity index (χ2v) is 6.40. The van der Waals surface area contributed by atoms with Crippen LogP contribution < -0.4 is 9.47 Å². The molecule has 140 valence electrons. The van der Waals surface area contributed by atoms with Crippen LogP contribution in [0.3, 0.4) is 0 Å². The summed E-state index contributed by atoms with van der Waals surface area (Å²) in [6.45, 7) is 0.00140. The first kappa shape index (κ1) is 16.7. The standard InChI is InChI=1S/C21H11F3O4/c22-21(23,24)20-18(19(25)13-5-6-15-17(9-13)27-10-26-15)14-7-11-3-1-2-4-12(11)8-16(14)28-20/h1-9H,10H2. The molecular weight excluding hydrogens is 373 g/mol. The fourth-order valence-corrected chi connectivity index (χ4v) is 3.39. The van der Waals surface area contributed by atoms with Crippen molar-refractivity contribution in [2.24, 2.45) is 0 Å². The van der Waals surface area contributed by atoms with Gasteiger partial charge in [0.15, 0.2) is 17.3 Å². The van der Waals surface area contributed by atoms with Crippen molar-refractivity contribution in [2.45, 2.75) is 6.18 Å². The number of ketones is 1. The van der Waals surface area contributed by atoms with Crippen molar-refractivity contribution in [3.63, 3.8) is 0 Å². The van der Waals surface area contributed by atoms with E-state index >= 15 is 0 Å². The highest BCUT2D eigenvalue weighted by molar-refractivity contribution is 6.18. The highest BCUT2D eigenvalue weighted by Gasteiger charge is 2.41. The van der Waals surface area contributed by atoms with E-state index < -0.39 is 23.3 Å². The lowest BCUT2D eigenvalue weighted by Gasteiger charge is -2.07. The minimum absolute atomic E-state index is 0.00140. The number of carbonyl (C=O) groups is 1. The van der Waals surface area contributed by atoms with Crippen molar-refractivity contribution in [3.05, 3.63) is 71.5 Å². The van der Waals surface area contributed by atoms with Gasteiger partial charge in [0, 0.05) is 10.9 Å². The van der Waals surface area contributed by atoms with Gasteiger partial charge in [-0.15, -0.1) is 0 Å². The van der Waals surface area contributed by atoms with Crippen LogP contribution in [0.2, 0.25) is 0 Å². The Labute approximate surface area is 156 Å². The molecule has 0 spiro atoms. The summed E-state index contributed by atoms with van der Waals surface area (Å²) in [6.07, 6.45) is -4.81. The summed E-state index contributed by atoms with van der Waals surface area (Å²) in [6, 6.07) is 14.4. The Balaban J connectivity index is 1.76. The monoisotopic (exact) mass is 384 g/mol. The number of hydrogen-bond donors (Lipinski definition) is 0. The first-order valence-corrected chi connectivity index (χ1v) is 8.39. The van der Waals surface area contributed by atoms with Gasteiger partial charge in [-0.05, 0) is 41.1 Å². The summed E-state index contributed by atoms with van der Waals surface area (Å²) in [7, 11) is 0. The molecule has 0 bridgehead atoms. The van der Waals surface area contributed by atoms with Crippen LogP contribution in [0.4, 0.5) is 13.2 Å². The van der Waals surface area contributed by atoms with E-state index in [0.717, 1.165) is 5.39 Å². The van der Waals surface area contributed by atoms with Crippen molar-refractivity contribution in [1.82, 2.24) is 0 Å². The Bertz CT molecular complexity index is 1250. The van der Waals surface area contributed by atoms with Gasteiger partial charge in [-0.3, -0.25) is 4.79 Å². The lowest BCUT2D eigenvalue weighted by atomic mass is 9.98. The van der Waals surface area contributed by atoms with Crippen LogP contribution in [0.15, 0.2) is 59.0 Å². The smallest absolute Gasteiger partial charge is 0.450 e. The molecule has 7 heteroatoms. The summed E-state index contributed by atoms with van der Waals surface area (Å²) in [5.41, 5.74) is -0.437. The van der Waals surface area contributed by atoms with E-state index in [2.05, 4.69) is 0 Å². The molecule has 1 aromatic heterocycles. The molecule has 3 aromatic carbocycles. The van der Waals surface area contributed by atoms with Gasteiger partial charge < -0.3 is 13.9 Å². The molecule has 2 heterocycles. The van der Waals surface area contributed by atoms with Crippen LogP contribution in [0.1, 0.15) is 21.7 Å². The van der Waals surface area contributed by atoms with Crippen molar-refractivity contribution in [1.29, 1.82) is 0 Å². The SMILES string of the molecule is O=C(c1ccc2c(c1)OCO2)c1c(C(F)(F)F)oc2cc3ccccc3cc12. The Hall–Kier alpha value is -3.48. The summed E-state index contributed by atoms with van der Waals surface area (Å²) in [5, 5.41) is 1.55. The fraction of sp³-hybridized carbons (Fsp3) is 0.0952. The van der Waals surface area contributed by atoms with E-state index in [9.17, 15) is 18.0 Å². The number of ether oxygens (including phenoxy) is 2. The normalized spacial score (nSPS) is 13.4. The van der Waals surface area contributed by atoms with Crippen molar-refractivity contribution < 1.29 is 31.9 Å². The molecule has 0 amide bonds. The largest absolute Gasteiger partial charge is 0.454 e. The minimum Gasteiger partial charge on any atom is -0.454 e. The average molecular weight is 384 g/mol. The Morgan fingerprint density at radius 2 is 1.61 bits per heavy atom. The zero-order chi connectivity index (χ0) is 19.5. The number of carbonyl (C=O) groups excluding carboxylic acids is 1. The molecular formula is C21H11F3O4. The number of alkyl halides is 3. The van der Waals surface area contributed by atoms with Crippen LogP contribution in [-0.2, 0) is 6.18 Å². The summed E-state index contributed by atoms with van der Waals surface area (Å²) in [4.78, 5) is 13.1. The second-order valence-electron chi connectivity index (χ2n) is 6.40. The van der Waals surface area contributed by atoms with E-state index in [0.29, 0.717) is 16.9 Å². The molecule has 5 rings (SSSR count). The summed E-state index contributed by atoms with van der Waals surface area (Å²) < 4.78 is 56.4. The molecule has 0 aliphatic carbocycles. The first-order chi connectivity index (χ1) is 13.4. The van der Waals surface area contributed by atoms with Gasteiger partial charge in [0.05, 0.1) is 5.56 Å². The van der Waals surface area contributed by atoms with Gasteiger partial charge in [-0.1, -0.05) is 24.3 Å². The van der Waals surface area contributed by atoms with Crippen LogP contribution in [0.25, 0.3) is 21.7 Å². The van der Waals surface area contributed by atoms with Crippen LogP contribution in [-0.4, -0.2) is 12.6 Å². The fourth-order valence-electron chi connectivity index (χ4n) is 3.39. The predicted octanol–water partition coefficient (Wildman–Crippen LogP) is 5.56. The zero-order valence-corrected chi connectivity index (χ0v) is 14.2. The molecule has 0 radical (unpaired) electrons. The number of fused-ring (bicyclic) bond motifs is 3. The van der Waals surface area contributed by atoms with Crippen molar-refractivity contribution >= 4 is 27.5 Å². The highest BCUT2D eigenvalue weighted by atomic mass is 19.4. The zero-order valence-electron chi connectivity index (χ0n) is 14.2.